The van der Waals surface area contributed by atoms with Crippen LogP contribution in [0.4, 0.5) is 5.69 Å². The fraction of sp³-hybridized carbons (Fsp3) is 0.167. The summed E-state index contributed by atoms with van der Waals surface area (Å²) in [7, 11) is 1.76. The summed E-state index contributed by atoms with van der Waals surface area (Å²) in [6.45, 7) is 1.85. The number of aryl methyl sites for hydroxylation is 1. The molecule has 0 spiro atoms. The summed E-state index contributed by atoms with van der Waals surface area (Å²) >= 11 is 9.29. The molecule has 0 fully saturated rings. The molecule has 0 atom stereocenters. The van der Waals surface area contributed by atoms with Crippen molar-refractivity contribution in [2.45, 2.75) is 6.92 Å². The topological polar surface area (TPSA) is 46.9 Å². The van der Waals surface area contributed by atoms with Crippen LogP contribution < -0.4 is 5.32 Å². The number of aromatic nitrogens is 2. The SMILES string of the molecule is Cc1c(Cl)cccc1NC(=O)c1nn(C)cc1Br. The maximum atomic E-state index is 12.1. The second-order valence-corrected chi connectivity index (χ2v) is 5.13. The third-order valence-corrected chi connectivity index (χ3v) is 3.50. The van der Waals surface area contributed by atoms with Crippen molar-refractivity contribution in [2.75, 3.05) is 5.32 Å². The van der Waals surface area contributed by atoms with E-state index in [0.29, 0.717) is 20.9 Å². The Kier molecular flexibility index (Phi) is 3.73. The summed E-state index contributed by atoms with van der Waals surface area (Å²) in [5, 5.41) is 7.49. The number of nitrogens with one attached hydrogen (secondary N) is 1. The highest BCUT2D eigenvalue weighted by Gasteiger charge is 2.15. The van der Waals surface area contributed by atoms with E-state index in [1.165, 1.54) is 0 Å². The molecule has 0 saturated carbocycles. The number of rotatable bonds is 2. The highest BCUT2D eigenvalue weighted by molar-refractivity contribution is 9.10. The van der Waals surface area contributed by atoms with Gasteiger partial charge in [-0.1, -0.05) is 17.7 Å². The van der Waals surface area contributed by atoms with Gasteiger partial charge in [-0.15, -0.1) is 0 Å². The molecule has 0 aliphatic carbocycles. The highest BCUT2D eigenvalue weighted by Crippen LogP contribution is 2.24. The van der Waals surface area contributed by atoms with Gasteiger partial charge in [0.05, 0.1) is 4.47 Å². The second kappa shape index (κ2) is 5.12. The minimum absolute atomic E-state index is 0.271. The van der Waals surface area contributed by atoms with Crippen molar-refractivity contribution in [3.63, 3.8) is 0 Å². The van der Waals surface area contributed by atoms with Crippen LogP contribution in [0.1, 0.15) is 16.1 Å². The third-order valence-electron chi connectivity index (χ3n) is 2.52. The van der Waals surface area contributed by atoms with Crippen molar-refractivity contribution in [1.29, 1.82) is 0 Å². The van der Waals surface area contributed by atoms with Gasteiger partial charge in [-0.2, -0.15) is 5.10 Å². The average molecular weight is 329 g/mol. The van der Waals surface area contributed by atoms with E-state index in [1.54, 1.807) is 36.1 Å². The molecule has 18 heavy (non-hydrogen) atoms. The van der Waals surface area contributed by atoms with Crippen molar-refractivity contribution in [3.8, 4) is 0 Å². The minimum atomic E-state index is -0.271. The molecule has 1 heterocycles. The molecule has 1 aromatic heterocycles. The molecule has 6 heteroatoms. The van der Waals surface area contributed by atoms with Crippen LogP contribution in [0.5, 0.6) is 0 Å². The summed E-state index contributed by atoms with van der Waals surface area (Å²) in [4.78, 5) is 12.1. The molecule has 4 nitrogen and oxygen atoms in total. The summed E-state index contributed by atoms with van der Waals surface area (Å²) in [6.07, 6.45) is 1.72. The Labute approximate surface area is 118 Å². The Balaban J connectivity index is 2.27. The first-order chi connectivity index (χ1) is 8.49. The van der Waals surface area contributed by atoms with E-state index in [-0.39, 0.29) is 5.91 Å². The van der Waals surface area contributed by atoms with Gasteiger partial charge in [0.1, 0.15) is 0 Å². The molecule has 0 unspecified atom stereocenters. The highest BCUT2D eigenvalue weighted by atomic mass is 79.9. The molecule has 1 amide bonds. The standard InChI is InChI=1S/C12H11BrClN3O/c1-7-9(14)4-3-5-10(7)15-12(18)11-8(13)6-17(2)16-11/h3-6H,1-2H3,(H,15,18). The first-order valence-corrected chi connectivity index (χ1v) is 6.41. The number of hydrogen-bond acceptors (Lipinski definition) is 2. The summed E-state index contributed by atoms with van der Waals surface area (Å²) in [5.41, 5.74) is 1.86. The summed E-state index contributed by atoms with van der Waals surface area (Å²) in [5.74, 6) is -0.271. The van der Waals surface area contributed by atoms with Crippen molar-refractivity contribution in [2.24, 2.45) is 7.05 Å². The van der Waals surface area contributed by atoms with Gasteiger partial charge < -0.3 is 5.32 Å². The molecule has 0 saturated heterocycles. The van der Waals surface area contributed by atoms with Gasteiger partial charge in [0, 0.05) is 24.0 Å². The fourth-order valence-corrected chi connectivity index (χ4v) is 2.27. The van der Waals surface area contributed by atoms with E-state index in [4.69, 9.17) is 11.6 Å². The van der Waals surface area contributed by atoms with Gasteiger partial charge in [-0.3, -0.25) is 9.48 Å². The van der Waals surface area contributed by atoms with Crippen LogP contribution in [0.2, 0.25) is 5.02 Å². The maximum Gasteiger partial charge on any atom is 0.277 e. The van der Waals surface area contributed by atoms with Crippen molar-refractivity contribution < 1.29 is 4.79 Å². The maximum absolute atomic E-state index is 12.1. The number of benzene rings is 1. The number of halogens is 2. The van der Waals surface area contributed by atoms with E-state index in [9.17, 15) is 4.79 Å². The first-order valence-electron chi connectivity index (χ1n) is 5.24. The Hall–Kier alpha value is -1.33. The Bertz CT molecular complexity index is 609. The van der Waals surface area contributed by atoms with Crippen LogP contribution in [0.3, 0.4) is 0 Å². The van der Waals surface area contributed by atoms with Crippen LogP contribution >= 0.6 is 27.5 Å². The predicted octanol–water partition coefficient (Wildman–Crippen LogP) is 3.40. The smallest absolute Gasteiger partial charge is 0.277 e. The van der Waals surface area contributed by atoms with Crippen molar-refractivity contribution in [3.05, 3.63) is 45.1 Å². The summed E-state index contributed by atoms with van der Waals surface area (Å²) in [6, 6.07) is 5.37. The number of nitrogens with zero attached hydrogens (tertiary/aromatic N) is 2. The van der Waals surface area contributed by atoms with E-state index < -0.39 is 0 Å². The van der Waals surface area contributed by atoms with Crippen LogP contribution in [0, 0.1) is 6.92 Å². The number of amides is 1. The zero-order chi connectivity index (χ0) is 13.3. The zero-order valence-electron chi connectivity index (χ0n) is 9.87. The Morgan fingerprint density at radius 3 is 2.83 bits per heavy atom. The lowest BCUT2D eigenvalue weighted by Crippen LogP contribution is -2.14. The van der Waals surface area contributed by atoms with Crippen molar-refractivity contribution >= 4 is 39.1 Å². The van der Waals surface area contributed by atoms with Crippen molar-refractivity contribution in [1.82, 2.24) is 9.78 Å². The van der Waals surface area contributed by atoms with Gasteiger partial charge >= 0.3 is 0 Å². The molecule has 2 aromatic rings. The van der Waals surface area contributed by atoms with Gasteiger partial charge in [0.25, 0.3) is 5.91 Å². The number of carbonyl (C=O) groups is 1. The van der Waals surface area contributed by atoms with Crippen LogP contribution in [0.25, 0.3) is 0 Å². The average Bonchev–Trinajstić information content (AvgIpc) is 2.64. The quantitative estimate of drug-likeness (QED) is 0.918. The minimum Gasteiger partial charge on any atom is -0.320 e. The number of anilines is 1. The third kappa shape index (κ3) is 2.57. The molecule has 0 aliphatic rings. The molecule has 0 radical (unpaired) electrons. The Morgan fingerprint density at radius 2 is 2.22 bits per heavy atom. The monoisotopic (exact) mass is 327 g/mol. The van der Waals surface area contributed by atoms with Gasteiger partial charge in [0.15, 0.2) is 5.69 Å². The number of hydrogen-bond donors (Lipinski definition) is 1. The van der Waals surface area contributed by atoms with E-state index >= 15 is 0 Å². The fourth-order valence-electron chi connectivity index (χ4n) is 1.54. The van der Waals surface area contributed by atoms with Gasteiger partial charge in [-0.25, -0.2) is 0 Å². The molecule has 0 bridgehead atoms. The molecule has 94 valence electrons. The van der Waals surface area contributed by atoms with Gasteiger partial charge in [-0.05, 0) is 40.5 Å². The normalized spacial score (nSPS) is 10.4. The first kappa shape index (κ1) is 13.1. The molecule has 1 N–H and O–H groups in total. The lowest BCUT2D eigenvalue weighted by Gasteiger charge is -2.08. The Morgan fingerprint density at radius 1 is 1.50 bits per heavy atom. The van der Waals surface area contributed by atoms with E-state index in [1.807, 2.05) is 6.92 Å². The zero-order valence-corrected chi connectivity index (χ0v) is 12.2. The van der Waals surface area contributed by atoms with E-state index in [2.05, 4.69) is 26.3 Å². The van der Waals surface area contributed by atoms with Gasteiger partial charge in [0.2, 0.25) is 0 Å². The molecular weight excluding hydrogens is 318 g/mol. The number of carbonyl (C=O) groups excluding carboxylic acids is 1. The predicted molar refractivity (Wildman–Crippen MR) is 75.1 cm³/mol. The molecule has 0 aliphatic heterocycles. The van der Waals surface area contributed by atoms with Crippen LogP contribution in [-0.4, -0.2) is 15.7 Å². The van der Waals surface area contributed by atoms with Crippen LogP contribution in [0.15, 0.2) is 28.9 Å². The van der Waals surface area contributed by atoms with Crippen LogP contribution in [-0.2, 0) is 7.05 Å². The largest absolute Gasteiger partial charge is 0.320 e. The lowest BCUT2D eigenvalue weighted by molar-refractivity contribution is 0.102. The second-order valence-electron chi connectivity index (χ2n) is 3.87. The van der Waals surface area contributed by atoms with E-state index in [0.717, 1.165) is 5.56 Å². The summed E-state index contributed by atoms with van der Waals surface area (Å²) < 4.78 is 2.23. The molecule has 1 aromatic carbocycles. The molecule has 2 rings (SSSR count). The molecular formula is C12H11BrClN3O. The lowest BCUT2D eigenvalue weighted by atomic mass is 10.2.